The highest BCUT2D eigenvalue weighted by Crippen LogP contribution is 2.51. The van der Waals surface area contributed by atoms with Crippen molar-refractivity contribution in [1.29, 1.82) is 0 Å². The second-order valence-electron chi connectivity index (χ2n) is 6.78. The molecule has 0 saturated heterocycles. The number of hydrogen-bond acceptors (Lipinski definition) is 2. The number of anilines is 1. The highest BCUT2D eigenvalue weighted by atomic mass is 79.9. The zero-order valence-corrected chi connectivity index (χ0v) is 13.6. The zero-order valence-electron chi connectivity index (χ0n) is 12.0. The lowest BCUT2D eigenvalue weighted by atomic mass is 9.66. The summed E-state index contributed by atoms with van der Waals surface area (Å²) in [6.45, 7) is 0.232. The van der Waals surface area contributed by atoms with Crippen molar-refractivity contribution in [2.75, 3.05) is 11.9 Å². The maximum atomic E-state index is 9.93. The van der Waals surface area contributed by atoms with Gasteiger partial charge in [0.05, 0.1) is 12.1 Å². The molecule has 2 saturated carbocycles. The van der Waals surface area contributed by atoms with Crippen molar-refractivity contribution in [2.24, 2.45) is 5.41 Å². The lowest BCUT2D eigenvalue weighted by Crippen LogP contribution is -2.47. The van der Waals surface area contributed by atoms with E-state index in [0.29, 0.717) is 5.41 Å². The van der Waals surface area contributed by atoms with Crippen molar-refractivity contribution in [3.05, 3.63) is 28.7 Å². The molecule has 3 heteroatoms. The Morgan fingerprint density at radius 3 is 2.35 bits per heavy atom. The van der Waals surface area contributed by atoms with Gasteiger partial charge in [-0.3, -0.25) is 0 Å². The Labute approximate surface area is 130 Å². The van der Waals surface area contributed by atoms with Gasteiger partial charge in [-0.05, 0) is 62.1 Å². The van der Waals surface area contributed by atoms with Crippen molar-refractivity contribution >= 4 is 21.6 Å². The quantitative estimate of drug-likeness (QED) is 0.835. The Morgan fingerprint density at radius 2 is 1.75 bits per heavy atom. The van der Waals surface area contributed by atoms with Gasteiger partial charge in [0.1, 0.15) is 0 Å². The highest BCUT2D eigenvalue weighted by molar-refractivity contribution is 9.10. The number of aliphatic hydroxyl groups excluding tert-OH is 1. The number of halogens is 1. The van der Waals surface area contributed by atoms with Crippen molar-refractivity contribution < 1.29 is 5.11 Å². The van der Waals surface area contributed by atoms with Gasteiger partial charge in [0.15, 0.2) is 0 Å². The molecule has 0 aliphatic heterocycles. The van der Waals surface area contributed by atoms with Gasteiger partial charge in [-0.25, -0.2) is 0 Å². The van der Waals surface area contributed by atoms with Gasteiger partial charge in [0, 0.05) is 10.2 Å². The van der Waals surface area contributed by atoms with E-state index < -0.39 is 0 Å². The molecule has 0 unspecified atom stereocenters. The molecule has 2 N–H and O–H groups in total. The summed E-state index contributed by atoms with van der Waals surface area (Å²) in [5.41, 5.74) is 1.60. The normalized spacial score (nSPS) is 23.9. The average Bonchev–Trinajstić information content (AvgIpc) is 2.91. The minimum Gasteiger partial charge on any atom is -0.394 e. The summed E-state index contributed by atoms with van der Waals surface area (Å²) in [5.74, 6) is 0. The van der Waals surface area contributed by atoms with E-state index in [0.717, 1.165) is 23.0 Å². The molecule has 2 fully saturated rings. The molecular weight excluding hydrogens is 314 g/mol. The minimum absolute atomic E-state index is 0.116. The van der Waals surface area contributed by atoms with Crippen LogP contribution >= 0.6 is 15.9 Å². The third kappa shape index (κ3) is 2.89. The molecule has 2 aliphatic rings. The van der Waals surface area contributed by atoms with Gasteiger partial charge in [-0.1, -0.05) is 34.8 Å². The van der Waals surface area contributed by atoms with Gasteiger partial charge >= 0.3 is 0 Å². The SMILES string of the molecule is OCC1(Nc2cccc(Br)c2)CCC2(CCCC2)CC1. The summed E-state index contributed by atoms with van der Waals surface area (Å²) in [4.78, 5) is 0. The van der Waals surface area contributed by atoms with E-state index in [1.54, 1.807) is 0 Å². The second-order valence-corrected chi connectivity index (χ2v) is 7.70. The molecule has 2 aliphatic carbocycles. The maximum Gasteiger partial charge on any atom is 0.0661 e. The third-order valence-corrected chi connectivity index (χ3v) is 5.96. The molecule has 0 aromatic heterocycles. The van der Waals surface area contributed by atoms with Crippen LogP contribution in [0, 0.1) is 5.41 Å². The highest BCUT2D eigenvalue weighted by Gasteiger charge is 2.43. The van der Waals surface area contributed by atoms with E-state index in [9.17, 15) is 5.11 Å². The Bertz CT molecular complexity index is 458. The maximum absolute atomic E-state index is 9.93. The Morgan fingerprint density at radius 1 is 1.05 bits per heavy atom. The van der Waals surface area contributed by atoms with Crippen LogP contribution in [0.2, 0.25) is 0 Å². The van der Waals surface area contributed by atoms with Gasteiger partial charge in [-0.15, -0.1) is 0 Å². The van der Waals surface area contributed by atoms with Crippen LogP contribution in [0.15, 0.2) is 28.7 Å². The molecular formula is C17H24BrNO. The minimum atomic E-state index is -0.116. The molecule has 1 spiro atoms. The van der Waals surface area contributed by atoms with Crippen LogP contribution in [0.5, 0.6) is 0 Å². The fourth-order valence-corrected chi connectivity index (χ4v) is 4.48. The van der Waals surface area contributed by atoms with Crippen LogP contribution in [0.4, 0.5) is 5.69 Å². The molecule has 110 valence electrons. The van der Waals surface area contributed by atoms with Crippen LogP contribution in [-0.4, -0.2) is 17.3 Å². The van der Waals surface area contributed by atoms with Crippen molar-refractivity contribution in [1.82, 2.24) is 0 Å². The van der Waals surface area contributed by atoms with Crippen LogP contribution in [0.1, 0.15) is 51.4 Å². The number of aliphatic hydroxyl groups is 1. The second kappa shape index (κ2) is 5.69. The van der Waals surface area contributed by atoms with E-state index in [1.165, 1.54) is 38.5 Å². The number of nitrogens with one attached hydrogen (secondary N) is 1. The summed E-state index contributed by atoms with van der Waals surface area (Å²) in [6.07, 6.45) is 10.4. The van der Waals surface area contributed by atoms with Gasteiger partial charge in [0.25, 0.3) is 0 Å². The number of benzene rings is 1. The van der Waals surface area contributed by atoms with Gasteiger partial charge in [0.2, 0.25) is 0 Å². The van der Waals surface area contributed by atoms with Crippen molar-refractivity contribution in [2.45, 2.75) is 56.9 Å². The predicted molar refractivity (Wildman–Crippen MR) is 87.0 cm³/mol. The molecule has 0 bridgehead atoms. The van der Waals surface area contributed by atoms with E-state index >= 15 is 0 Å². The predicted octanol–water partition coefficient (Wildman–Crippen LogP) is 4.73. The monoisotopic (exact) mass is 337 g/mol. The van der Waals surface area contributed by atoms with Gasteiger partial charge in [-0.2, -0.15) is 0 Å². The number of hydrogen-bond donors (Lipinski definition) is 2. The average molecular weight is 338 g/mol. The summed E-state index contributed by atoms with van der Waals surface area (Å²) < 4.78 is 1.08. The van der Waals surface area contributed by atoms with E-state index in [1.807, 2.05) is 12.1 Å². The molecule has 2 nitrogen and oxygen atoms in total. The molecule has 0 radical (unpaired) electrons. The lowest BCUT2D eigenvalue weighted by molar-refractivity contribution is 0.100. The molecule has 1 aromatic carbocycles. The molecule has 0 amide bonds. The fourth-order valence-electron chi connectivity index (χ4n) is 4.08. The molecule has 0 heterocycles. The van der Waals surface area contributed by atoms with Crippen molar-refractivity contribution in [3.63, 3.8) is 0 Å². The Kier molecular flexibility index (Phi) is 4.09. The first-order valence-corrected chi connectivity index (χ1v) is 8.59. The third-order valence-electron chi connectivity index (χ3n) is 5.47. The number of rotatable bonds is 3. The summed E-state index contributed by atoms with van der Waals surface area (Å²) in [5, 5.41) is 13.5. The molecule has 0 atom stereocenters. The van der Waals surface area contributed by atoms with Crippen LogP contribution < -0.4 is 5.32 Å². The topological polar surface area (TPSA) is 32.3 Å². The van der Waals surface area contributed by atoms with E-state index in [-0.39, 0.29) is 12.1 Å². The molecule has 3 rings (SSSR count). The van der Waals surface area contributed by atoms with Crippen LogP contribution in [-0.2, 0) is 0 Å². The first-order valence-electron chi connectivity index (χ1n) is 7.80. The summed E-state index contributed by atoms with van der Waals surface area (Å²) in [6, 6.07) is 8.25. The molecule has 1 aromatic rings. The van der Waals surface area contributed by atoms with Gasteiger partial charge < -0.3 is 10.4 Å². The summed E-state index contributed by atoms with van der Waals surface area (Å²) in [7, 11) is 0. The Hall–Kier alpha value is -0.540. The first-order chi connectivity index (χ1) is 9.65. The zero-order chi connectivity index (χ0) is 14.1. The largest absolute Gasteiger partial charge is 0.394 e. The fraction of sp³-hybridized carbons (Fsp3) is 0.647. The smallest absolute Gasteiger partial charge is 0.0661 e. The van der Waals surface area contributed by atoms with Crippen molar-refractivity contribution in [3.8, 4) is 0 Å². The first kappa shape index (κ1) is 14.4. The lowest BCUT2D eigenvalue weighted by Gasteiger charge is -2.45. The van der Waals surface area contributed by atoms with E-state index in [2.05, 4.69) is 33.4 Å². The van der Waals surface area contributed by atoms with Crippen LogP contribution in [0.3, 0.4) is 0 Å². The van der Waals surface area contributed by atoms with E-state index in [4.69, 9.17) is 0 Å². The molecule has 20 heavy (non-hydrogen) atoms. The standard InChI is InChI=1S/C17H24BrNO/c18-14-4-3-5-15(12-14)19-17(13-20)10-8-16(9-11-17)6-1-2-7-16/h3-5,12,19-20H,1-2,6-11,13H2. The Balaban J connectivity index is 1.70. The van der Waals surface area contributed by atoms with Crippen LogP contribution in [0.25, 0.3) is 0 Å². The summed E-state index contributed by atoms with van der Waals surface area (Å²) >= 11 is 3.51.